The number of fused-ring (bicyclic) bond motifs is 1. The van der Waals surface area contributed by atoms with Gasteiger partial charge in [0.1, 0.15) is 5.69 Å². The molecule has 7 rings (SSSR count). The Labute approximate surface area is 269 Å². The maximum absolute atomic E-state index is 15.7. The van der Waals surface area contributed by atoms with Crippen LogP contribution in [0.3, 0.4) is 0 Å². The van der Waals surface area contributed by atoms with Crippen molar-refractivity contribution >= 4 is 28.6 Å². The fourth-order valence-corrected chi connectivity index (χ4v) is 7.43. The Morgan fingerprint density at radius 1 is 1.00 bits per heavy atom. The minimum atomic E-state index is -0.706. The lowest BCUT2D eigenvalue weighted by Gasteiger charge is -2.42. The Balaban J connectivity index is 1.15. The summed E-state index contributed by atoms with van der Waals surface area (Å²) >= 11 is 0. The summed E-state index contributed by atoms with van der Waals surface area (Å²) in [5.74, 6) is -0.904. The number of anilines is 2. The number of nitrogens with one attached hydrogen (secondary N) is 1. The number of nitrogens with zero attached hydrogens (tertiary/aromatic N) is 8. The maximum atomic E-state index is 15.7. The van der Waals surface area contributed by atoms with E-state index >= 15 is 4.39 Å². The van der Waals surface area contributed by atoms with Crippen LogP contribution in [0.4, 0.5) is 16.0 Å². The quantitative estimate of drug-likeness (QED) is 0.325. The van der Waals surface area contributed by atoms with Crippen LogP contribution in [0.5, 0.6) is 0 Å². The van der Waals surface area contributed by atoms with Crippen LogP contribution in [-0.2, 0) is 7.05 Å². The number of piperidine rings is 1. The van der Waals surface area contributed by atoms with Crippen molar-refractivity contribution in [2.75, 3.05) is 56.5 Å². The predicted octanol–water partition coefficient (Wildman–Crippen LogP) is 4.31. The Hall–Kier alpha value is -3.87. The molecule has 1 saturated carbocycles. The fraction of sp³-hybridized carbons (Fsp3) is 0.529. The number of imidazole rings is 1. The van der Waals surface area contributed by atoms with Gasteiger partial charge in [-0.05, 0) is 76.8 Å². The molecule has 2 N–H and O–H groups in total. The van der Waals surface area contributed by atoms with Crippen LogP contribution in [0.25, 0.3) is 22.3 Å². The van der Waals surface area contributed by atoms with Crippen molar-refractivity contribution in [2.45, 2.75) is 63.1 Å². The standard InChI is InChI=1S/C34H44FN9O2/c1-34(46)11-6-25(7-12-34)44-29-5-4-26(42-14-9-24(10-15-42)43-18-16-40(2)17-19-43)20-28(29)38-33(44)39-32(45)27-8-13-36-31(30(27)35)23-21-37-41(3)22-23/h4-5,8,13,20-22,24-25,46H,6-7,9-12,14-19H2,1-3H3,(H,38,39,45)/t25-,34+. The van der Waals surface area contributed by atoms with Crippen molar-refractivity contribution in [2.24, 2.45) is 7.05 Å². The zero-order chi connectivity index (χ0) is 32.0. The van der Waals surface area contributed by atoms with E-state index in [0.29, 0.717) is 30.4 Å². The molecule has 244 valence electrons. The average molecular weight is 630 g/mol. The molecule has 0 radical (unpaired) electrons. The molecule has 1 aliphatic carbocycles. The zero-order valence-corrected chi connectivity index (χ0v) is 27.0. The number of pyridine rings is 1. The normalized spacial score (nSPS) is 23.7. The molecule has 0 atom stereocenters. The van der Waals surface area contributed by atoms with Gasteiger partial charge in [-0.2, -0.15) is 5.10 Å². The first-order valence-electron chi connectivity index (χ1n) is 16.5. The summed E-state index contributed by atoms with van der Waals surface area (Å²) < 4.78 is 19.3. The molecular formula is C34H44FN9O2. The number of aliphatic hydroxyl groups is 1. The molecule has 1 aromatic carbocycles. The lowest BCUT2D eigenvalue weighted by atomic mass is 9.83. The minimum Gasteiger partial charge on any atom is -0.390 e. The van der Waals surface area contributed by atoms with Gasteiger partial charge in [-0.25, -0.2) is 9.37 Å². The van der Waals surface area contributed by atoms with Crippen molar-refractivity contribution in [1.29, 1.82) is 0 Å². The van der Waals surface area contributed by atoms with Crippen molar-refractivity contribution in [3.63, 3.8) is 0 Å². The van der Waals surface area contributed by atoms with E-state index in [1.807, 2.05) is 6.92 Å². The highest BCUT2D eigenvalue weighted by Crippen LogP contribution is 2.39. The molecule has 5 heterocycles. The molecule has 12 heteroatoms. The second-order valence-electron chi connectivity index (χ2n) is 13.6. The van der Waals surface area contributed by atoms with E-state index in [2.05, 4.69) is 59.9 Å². The van der Waals surface area contributed by atoms with Gasteiger partial charge in [-0.3, -0.25) is 24.7 Å². The lowest BCUT2D eigenvalue weighted by molar-refractivity contribution is 0.0106. The highest BCUT2D eigenvalue weighted by atomic mass is 19.1. The number of halogens is 1. The summed E-state index contributed by atoms with van der Waals surface area (Å²) in [6, 6.07) is 8.43. The van der Waals surface area contributed by atoms with E-state index in [1.54, 1.807) is 17.9 Å². The maximum Gasteiger partial charge on any atom is 0.261 e. The van der Waals surface area contributed by atoms with Gasteiger partial charge in [0.15, 0.2) is 5.82 Å². The topological polar surface area (TPSA) is 108 Å². The minimum absolute atomic E-state index is 0.0407. The van der Waals surface area contributed by atoms with Gasteiger partial charge in [0.05, 0.1) is 28.4 Å². The molecular weight excluding hydrogens is 585 g/mol. The van der Waals surface area contributed by atoms with Crippen molar-refractivity contribution < 1.29 is 14.3 Å². The molecule has 3 aromatic heterocycles. The molecule has 2 aliphatic heterocycles. The van der Waals surface area contributed by atoms with Gasteiger partial charge in [0.2, 0.25) is 5.95 Å². The third-order valence-corrected chi connectivity index (χ3v) is 10.3. The molecule has 0 bridgehead atoms. The van der Waals surface area contributed by atoms with E-state index < -0.39 is 17.3 Å². The van der Waals surface area contributed by atoms with E-state index in [0.717, 1.165) is 81.7 Å². The molecule has 3 fully saturated rings. The predicted molar refractivity (Wildman–Crippen MR) is 177 cm³/mol. The Morgan fingerprint density at radius 2 is 1.74 bits per heavy atom. The second kappa shape index (κ2) is 12.4. The average Bonchev–Trinajstić information content (AvgIpc) is 3.64. The summed E-state index contributed by atoms with van der Waals surface area (Å²) in [4.78, 5) is 30.2. The molecule has 0 spiro atoms. The van der Waals surface area contributed by atoms with Gasteiger partial charge in [0, 0.05) is 82.0 Å². The Kier molecular flexibility index (Phi) is 8.28. The number of aryl methyl sites for hydroxylation is 1. The molecule has 0 unspecified atom stereocenters. The smallest absolute Gasteiger partial charge is 0.261 e. The summed E-state index contributed by atoms with van der Waals surface area (Å²) in [6.07, 6.45) is 9.70. The SMILES string of the molecule is CN1CCN(C2CCN(c3ccc4c(c3)nc(NC(=O)c3ccnc(-c5cnn(C)c5)c3F)n4[C@H]3CC[C@@](C)(O)CC3)CC2)CC1. The monoisotopic (exact) mass is 629 g/mol. The summed E-state index contributed by atoms with van der Waals surface area (Å²) in [6.45, 7) is 8.42. The number of hydrogen-bond acceptors (Lipinski definition) is 8. The Bertz CT molecular complexity index is 1710. The van der Waals surface area contributed by atoms with Crippen LogP contribution >= 0.6 is 0 Å². The van der Waals surface area contributed by atoms with Crippen LogP contribution < -0.4 is 10.2 Å². The first-order chi connectivity index (χ1) is 22.1. The van der Waals surface area contributed by atoms with Gasteiger partial charge >= 0.3 is 0 Å². The molecule has 1 amide bonds. The number of aromatic nitrogens is 5. The molecule has 11 nitrogen and oxygen atoms in total. The third kappa shape index (κ3) is 6.13. The summed E-state index contributed by atoms with van der Waals surface area (Å²) in [7, 11) is 3.94. The number of rotatable bonds is 6. The highest BCUT2D eigenvalue weighted by molar-refractivity contribution is 6.05. The summed E-state index contributed by atoms with van der Waals surface area (Å²) in [5.41, 5.74) is 2.59. The number of amides is 1. The second-order valence-corrected chi connectivity index (χ2v) is 13.6. The number of carbonyl (C=O) groups is 1. The highest BCUT2D eigenvalue weighted by Gasteiger charge is 2.33. The number of piperazine rings is 1. The fourth-order valence-electron chi connectivity index (χ4n) is 7.43. The van der Waals surface area contributed by atoms with E-state index in [4.69, 9.17) is 4.98 Å². The van der Waals surface area contributed by atoms with Gasteiger partial charge in [-0.15, -0.1) is 0 Å². The van der Waals surface area contributed by atoms with E-state index in [-0.39, 0.29) is 17.3 Å². The van der Waals surface area contributed by atoms with Crippen molar-refractivity contribution in [3.05, 3.63) is 54.2 Å². The zero-order valence-electron chi connectivity index (χ0n) is 27.0. The number of hydrogen-bond donors (Lipinski definition) is 2. The van der Waals surface area contributed by atoms with Gasteiger partial charge in [-0.1, -0.05) is 0 Å². The molecule has 2 saturated heterocycles. The summed E-state index contributed by atoms with van der Waals surface area (Å²) in [5, 5.41) is 17.7. The van der Waals surface area contributed by atoms with Crippen LogP contribution in [0, 0.1) is 5.82 Å². The number of likely N-dealkylation sites (N-methyl/N-ethyl adjacent to an activating group) is 1. The van der Waals surface area contributed by atoms with E-state index in [9.17, 15) is 9.90 Å². The van der Waals surface area contributed by atoms with Gasteiger partial charge < -0.3 is 19.5 Å². The number of carbonyl (C=O) groups excluding carboxylic acids is 1. The van der Waals surface area contributed by atoms with Crippen LogP contribution in [-0.4, -0.2) is 103 Å². The van der Waals surface area contributed by atoms with Crippen LogP contribution in [0.15, 0.2) is 42.9 Å². The Morgan fingerprint density at radius 3 is 2.43 bits per heavy atom. The van der Waals surface area contributed by atoms with Crippen LogP contribution in [0.1, 0.15) is 61.8 Å². The first kappa shape index (κ1) is 30.8. The molecule has 3 aliphatic rings. The van der Waals surface area contributed by atoms with Crippen molar-refractivity contribution in [3.8, 4) is 11.3 Å². The molecule has 4 aromatic rings. The third-order valence-electron chi connectivity index (χ3n) is 10.3. The van der Waals surface area contributed by atoms with Crippen molar-refractivity contribution in [1.82, 2.24) is 34.1 Å². The van der Waals surface area contributed by atoms with E-state index in [1.165, 1.54) is 18.5 Å². The molecule has 46 heavy (non-hydrogen) atoms. The van der Waals surface area contributed by atoms with Gasteiger partial charge in [0.25, 0.3) is 5.91 Å². The van der Waals surface area contributed by atoms with Crippen LogP contribution in [0.2, 0.25) is 0 Å². The number of benzene rings is 1. The first-order valence-corrected chi connectivity index (χ1v) is 16.5. The largest absolute Gasteiger partial charge is 0.390 e. The lowest BCUT2D eigenvalue weighted by Crippen LogP contribution is -2.52.